The molecule has 280 valence electrons. The maximum Gasteiger partial charge on any atom is 0.422 e. The molecular weight excluding hydrogens is 727 g/mol. The lowest BCUT2D eigenvalue weighted by Crippen LogP contribution is -2.46. The molecule has 0 bridgehead atoms. The molecule has 5 rings (SSSR count). The summed E-state index contributed by atoms with van der Waals surface area (Å²) in [6.07, 6.45) is -0.526. The summed E-state index contributed by atoms with van der Waals surface area (Å²) in [5, 5.41) is 17.8. The number of nitrogens with zero attached hydrogens (tertiary/aromatic N) is 6. The van der Waals surface area contributed by atoms with Crippen molar-refractivity contribution >= 4 is 52.9 Å². The highest BCUT2D eigenvalue weighted by Gasteiger charge is 2.45. The Morgan fingerprint density at radius 2 is 1.62 bits per heavy atom. The molecule has 53 heavy (non-hydrogen) atoms. The number of carbonyl (C=O) groups is 4. The topological polar surface area (TPSA) is 216 Å². The van der Waals surface area contributed by atoms with Gasteiger partial charge in [-0.3, -0.25) is 19.1 Å². The van der Waals surface area contributed by atoms with Crippen LogP contribution < -0.4 is 31.3 Å². The fourth-order valence-electron chi connectivity index (χ4n) is 4.86. The van der Waals surface area contributed by atoms with Crippen LogP contribution in [0.3, 0.4) is 0 Å². The fraction of sp³-hybridized carbons (Fsp3) is 0.344. The van der Waals surface area contributed by atoms with E-state index in [1.54, 1.807) is 12.1 Å². The number of anilines is 3. The van der Waals surface area contributed by atoms with E-state index in [1.165, 1.54) is 41.6 Å². The van der Waals surface area contributed by atoms with Crippen molar-refractivity contribution in [1.29, 1.82) is 0 Å². The second kappa shape index (κ2) is 17.0. The molecule has 5 N–H and O–H groups in total. The molecule has 2 aromatic carbocycles. The Balaban J connectivity index is 1.18. The molecule has 0 radical (unpaired) electrons. The molecule has 1 saturated carbocycles. The Kier molecular flexibility index (Phi) is 12.2. The minimum Gasteiger partial charge on any atom is -0.467 e. The number of methoxy groups -OCH3 is 1. The number of rotatable bonds is 16. The lowest BCUT2D eigenvalue weighted by molar-refractivity contribution is -0.154. The first-order valence-electron chi connectivity index (χ1n) is 16.0. The molecule has 1 fully saturated rings. The lowest BCUT2D eigenvalue weighted by Gasteiger charge is -2.19. The van der Waals surface area contributed by atoms with Crippen LogP contribution in [0, 0.1) is 0 Å². The van der Waals surface area contributed by atoms with E-state index in [-0.39, 0.29) is 37.0 Å². The molecule has 1 aliphatic rings. The molecule has 0 aliphatic heterocycles. The van der Waals surface area contributed by atoms with Crippen molar-refractivity contribution < 1.29 is 41.8 Å². The molecule has 17 nitrogen and oxygen atoms in total. The van der Waals surface area contributed by atoms with Gasteiger partial charge < -0.3 is 36.1 Å². The highest BCUT2D eigenvalue weighted by molar-refractivity contribution is 6.35. The highest BCUT2D eigenvalue weighted by atomic mass is 35.5. The van der Waals surface area contributed by atoms with Gasteiger partial charge in [0.15, 0.2) is 6.61 Å². The Labute approximate surface area is 304 Å². The molecule has 1 aliphatic carbocycles. The number of aromatic nitrogens is 6. The quantitative estimate of drug-likeness (QED) is 0.0821. The van der Waals surface area contributed by atoms with Gasteiger partial charge >= 0.3 is 30.0 Å². The number of carbonyl (C=O) groups excluding carboxylic acids is 4. The van der Waals surface area contributed by atoms with Gasteiger partial charge in [0.25, 0.3) is 5.91 Å². The van der Waals surface area contributed by atoms with Crippen LogP contribution in [-0.4, -0.2) is 92.4 Å². The number of benzene rings is 2. The van der Waals surface area contributed by atoms with E-state index in [4.69, 9.17) is 21.1 Å². The second-order valence-electron chi connectivity index (χ2n) is 11.6. The Morgan fingerprint density at radius 3 is 2.25 bits per heavy atom. The van der Waals surface area contributed by atoms with E-state index >= 15 is 0 Å². The number of esters is 1. The number of amides is 3. The van der Waals surface area contributed by atoms with Crippen LogP contribution in [0.2, 0.25) is 5.02 Å². The van der Waals surface area contributed by atoms with Gasteiger partial charge in [-0.05, 0) is 61.2 Å². The standard InChI is InChI=1S/C32H33ClF3N11O6/c1-52-27(51)23(10-13-38-25(49)26(50)39-14-15-47-18-37-17-40-47)42-24(48)19-2-8-22(9-3-19)41-28-43-29(45-30(44-28)53-16-32(34,35)36)46-31(11-12-31)20-4-6-21(33)7-5-20/h2-9,17-18,23H,10-16H2,1H3,(H,38,49)(H,39,50)(H,42,48)(H2,41,43,44,45,46)/t23-/m0/s1. The number of ether oxygens (including phenoxy) is 2. The Hall–Kier alpha value is -6.05. The summed E-state index contributed by atoms with van der Waals surface area (Å²) >= 11 is 6.02. The maximum absolute atomic E-state index is 13.0. The van der Waals surface area contributed by atoms with Crippen LogP contribution in [0.15, 0.2) is 61.2 Å². The number of hydrogen-bond acceptors (Lipinski definition) is 13. The van der Waals surface area contributed by atoms with Crippen molar-refractivity contribution in [2.45, 2.75) is 43.6 Å². The molecule has 4 aromatic rings. The number of halogens is 4. The molecule has 3 amide bonds. The Bertz CT molecular complexity index is 1890. The first-order valence-corrected chi connectivity index (χ1v) is 16.3. The van der Waals surface area contributed by atoms with Crippen molar-refractivity contribution in [3.8, 4) is 6.01 Å². The molecule has 2 aromatic heterocycles. The number of nitrogens with one attached hydrogen (secondary N) is 5. The van der Waals surface area contributed by atoms with Crippen molar-refractivity contribution in [3.63, 3.8) is 0 Å². The third-order valence-electron chi connectivity index (χ3n) is 7.69. The summed E-state index contributed by atoms with van der Waals surface area (Å²) in [5.74, 6) is -3.43. The summed E-state index contributed by atoms with van der Waals surface area (Å²) in [6.45, 7) is -1.34. The predicted octanol–water partition coefficient (Wildman–Crippen LogP) is 2.50. The third-order valence-corrected chi connectivity index (χ3v) is 7.94. The van der Waals surface area contributed by atoms with Gasteiger partial charge in [-0.1, -0.05) is 23.7 Å². The molecule has 0 spiro atoms. The zero-order chi connectivity index (χ0) is 38.0. The molecule has 21 heteroatoms. The van der Waals surface area contributed by atoms with Crippen LogP contribution in [0.25, 0.3) is 0 Å². The van der Waals surface area contributed by atoms with Crippen molar-refractivity contribution in [3.05, 3.63) is 77.3 Å². The van der Waals surface area contributed by atoms with Crippen molar-refractivity contribution in [2.24, 2.45) is 0 Å². The molecule has 1 atom stereocenters. The molecule has 0 saturated heterocycles. The number of alkyl halides is 3. The summed E-state index contributed by atoms with van der Waals surface area (Å²) in [5.41, 5.74) is 0.819. The third kappa shape index (κ3) is 11.2. The average Bonchev–Trinajstić information content (AvgIpc) is 3.71. The van der Waals surface area contributed by atoms with E-state index in [0.29, 0.717) is 30.1 Å². The average molecular weight is 760 g/mol. The van der Waals surface area contributed by atoms with Crippen molar-refractivity contribution in [1.82, 2.24) is 45.7 Å². The van der Waals surface area contributed by atoms with Crippen molar-refractivity contribution in [2.75, 3.05) is 37.4 Å². The van der Waals surface area contributed by atoms with E-state index in [9.17, 15) is 32.3 Å². The maximum atomic E-state index is 13.0. The summed E-state index contributed by atoms with van der Waals surface area (Å²) in [7, 11) is 1.13. The summed E-state index contributed by atoms with van der Waals surface area (Å²) < 4.78 is 49.9. The molecule has 2 heterocycles. The summed E-state index contributed by atoms with van der Waals surface area (Å²) in [6, 6.07) is 11.2. The van der Waals surface area contributed by atoms with Gasteiger partial charge in [-0.15, -0.1) is 0 Å². The van der Waals surface area contributed by atoms with Gasteiger partial charge in [0, 0.05) is 29.4 Å². The highest BCUT2D eigenvalue weighted by Crippen LogP contribution is 2.48. The first-order chi connectivity index (χ1) is 25.3. The first kappa shape index (κ1) is 38.2. The minimum absolute atomic E-state index is 0.0306. The smallest absolute Gasteiger partial charge is 0.422 e. The molecule has 0 unspecified atom stereocenters. The number of hydrogen-bond donors (Lipinski definition) is 5. The van der Waals surface area contributed by atoms with Gasteiger partial charge in [-0.25, -0.2) is 9.78 Å². The zero-order valence-electron chi connectivity index (χ0n) is 27.9. The van der Waals surface area contributed by atoms with Crippen LogP contribution in [0.5, 0.6) is 6.01 Å². The normalized spacial score (nSPS) is 13.6. The zero-order valence-corrected chi connectivity index (χ0v) is 28.7. The van der Waals surface area contributed by atoms with Gasteiger partial charge in [0.05, 0.1) is 19.2 Å². The van der Waals surface area contributed by atoms with Gasteiger partial charge in [-0.2, -0.15) is 33.2 Å². The van der Waals surface area contributed by atoms with Gasteiger partial charge in [0.2, 0.25) is 11.9 Å². The van der Waals surface area contributed by atoms with Crippen LogP contribution in [0.1, 0.15) is 35.2 Å². The van der Waals surface area contributed by atoms with Gasteiger partial charge in [0.1, 0.15) is 18.7 Å². The summed E-state index contributed by atoms with van der Waals surface area (Å²) in [4.78, 5) is 65.7. The minimum atomic E-state index is -4.64. The Morgan fingerprint density at radius 1 is 0.943 bits per heavy atom. The van der Waals surface area contributed by atoms with E-state index in [2.05, 4.69) is 51.6 Å². The van der Waals surface area contributed by atoms with Crippen LogP contribution >= 0.6 is 11.6 Å². The van der Waals surface area contributed by atoms with E-state index in [1.807, 2.05) is 12.1 Å². The second-order valence-corrected chi connectivity index (χ2v) is 12.0. The fourth-order valence-corrected chi connectivity index (χ4v) is 4.99. The monoisotopic (exact) mass is 759 g/mol. The SMILES string of the molecule is COC(=O)[C@H](CCNC(=O)C(=O)NCCn1cncn1)NC(=O)c1ccc(Nc2nc(NC3(c4ccc(Cl)cc4)CC3)nc(OCC(F)(F)F)n2)cc1. The van der Waals surface area contributed by atoms with Crippen LogP contribution in [-0.2, 0) is 31.2 Å². The van der Waals surface area contributed by atoms with E-state index < -0.39 is 54.1 Å². The predicted molar refractivity (Wildman–Crippen MR) is 181 cm³/mol. The largest absolute Gasteiger partial charge is 0.467 e. The lowest BCUT2D eigenvalue weighted by atomic mass is 10.1. The molecular formula is C32H33ClF3N11O6. The van der Waals surface area contributed by atoms with Crippen LogP contribution in [0.4, 0.5) is 30.8 Å². The van der Waals surface area contributed by atoms with E-state index in [0.717, 1.165) is 12.7 Å².